The molecule has 2 N–H and O–H groups in total. The molecule has 132 valence electrons. The van der Waals surface area contributed by atoms with Crippen molar-refractivity contribution in [3.8, 4) is 0 Å². The van der Waals surface area contributed by atoms with E-state index in [1.807, 2.05) is 24.3 Å². The molecule has 0 radical (unpaired) electrons. The molecule has 3 aromatic rings. The molecule has 0 unspecified atom stereocenters. The number of aryl methyl sites for hydroxylation is 1. The Hall–Kier alpha value is -3.35. The summed E-state index contributed by atoms with van der Waals surface area (Å²) in [5.74, 6) is -2.13. The third kappa shape index (κ3) is 4.18. The number of aromatic nitrogens is 2. The first-order valence-corrected chi connectivity index (χ1v) is 7.99. The summed E-state index contributed by atoms with van der Waals surface area (Å²) in [6.07, 6.45) is 2.20. The number of nitrogens with zero attached hydrogens (tertiary/aromatic N) is 2. The van der Waals surface area contributed by atoms with Crippen LogP contribution in [0, 0.1) is 11.6 Å². The Labute approximate surface area is 149 Å². The van der Waals surface area contributed by atoms with Gasteiger partial charge in [-0.1, -0.05) is 19.1 Å². The number of halogens is 2. The highest BCUT2D eigenvalue weighted by atomic mass is 19.2. The second-order valence-corrected chi connectivity index (χ2v) is 5.55. The first-order valence-electron chi connectivity index (χ1n) is 7.99. The van der Waals surface area contributed by atoms with Crippen molar-refractivity contribution in [3.05, 3.63) is 77.8 Å². The smallest absolute Gasteiger partial charge is 0.274 e. The van der Waals surface area contributed by atoms with Crippen molar-refractivity contribution >= 4 is 23.1 Å². The molecule has 3 rings (SSSR count). The largest absolute Gasteiger partial charge is 0.340 e. The second kappa shape index (κ2) is 7.69. The topological polar surface area (TPSA) is 66.9 Å². The van der Waals surface area contributed by atoms with E-state index in [1.54, 1.807) is 0 Å². The van der Waals surface area contributed by atoms with E-state index in [1.165, 1.54) is 24.0 Å². The van der Waals surface area contributed by atoms with Gasteiger partial charge in [0.15, 0.2) is 11.6 Å². The van der Waals surface area contributed by atoms with Crippen molar-refractivity contribution in [2.75, 3.05) is 10.6 Å². The molecule has 0 fully saturated rings. The SMILES string of the molecule is CCc1ccc(Nc2cc(C(=O)Nc3ccc(F)c(F)c3)ncn2)cc1. The third-order valence-electron chi connectivity index (χ3n) is 3.71. The van der Waals surface area contributed by atoms with Gasteiger partial charge in [-0.25, -0.2) is 18.7 Å². The summed E-state index contributed by atoms with van der Waals surface area (Å²) in [6.45, 7) is 2.07. The van der Waals surface area contributed by atoms with Crippen molar-refractivity contribution in [1.82, 2.24) is 9.97 Å². The first-order chi connectivity index (χ1) is 12.5. The van der Waals surface area contributed by atoms with Crippen LogP contribution >= 0.6 is 0 Å². The van der Waals surface area contributed by atoms with Crippen LogP contribution < -0.4 is 10.6 Å². The minimum absolute atomic E-state index is 0.0948. The quantitative estimate of drug-likeness (QED) is 0.716. The number of rotatable bonds is 5. The van der Waals surface area contributed by atoms with Gasteiger partial charge in [0.1, 0.15) is 17.8 Å². The molecular weight excluding hydrogens is 338 g/mol. The number of benzene rings is 2. The van der Waals surface area contributed by atoms with Crippen molar-refractivity contribution in [1.29, 1.82) is 0 Å². The zero-order valence-electron chi connectivity index (χ0n) is 14.0. The summed E-state index contributed by atoms with van der Waals surface area (Å²) >= 11 is 0. The van der Waals surface area contributed by atoms with Crippen LogP contribution in [0.15, 0.2) is 54.9 Å². The van der Waals surface area contributed by atoms with Crippen LogP contribution in [0.3, 0.4) is 0 Å². The lowest BCUT2D eigenvalue weighted by Crippen LogP contribution is -2.14. The van der Waals surface area contributed by atoms with Crippen LogP contribution in [0.25, 0.3) is 0 Å². The van der Waals surface area contributed by atoms with E-state index >= 15 is 0 Å². The van der Waals surface area contributed by atoms with Gasteiger partial charge in [-0.3, -0.25) is 4.79 Å². The molecule has 0 bridgehead atoms. The van der Waals surface area contributed by atoms with Crippen molar-refractivity contribution in [2.45, 2.75) is 13.3 Å². The maximum atomic E-state index is 13.2. The Morgan fingerprint density at radius 2 is 1.69 bits per heavy atom. The fourth-order valence-corrected chi connectivity index (χ4v) is 2.29. The number of carbonyl (C=O) groups is 1. The van der Waals surface area contributed by atoms with Gasteiger partial charge in [0.25, 0.3) is 5.91 Å². The molecule has 26 heavy (non-hydrogen) atoms. The van der Waals surface area contributed by atoms with Gasteiger partial charge in [0.2, 0.25) is 0 Å². The summed E-state index contributed by atoms with van der Waals surface area (Å²) in [7, 11) is 0. The van der Waals surface area contributed by atoms with Gasteiger partial charge in [0, 0.05) is 23.5 Å². The Kier molecular flexibility index (Phi) is 5.17. The number of carbonyl (C=O) groups excluding carboxylic acids is 1. The minimum Gasteiger partial charge on any atom is -0.340 e. The summed E-state index contributed by atoms with van der Waals surface area (Å²) in [5.41, 5.74) is 2.27. The van der Waals surface area contributed by atoms with E-state index in [9.17, 15) is 13.6 Å². The van der Waals surface area contributed by atoms with Gasteiger partial charge in [-0.2, -0.15) is 0 Å². The average molecular weight is 354 g/mol. The Morgan fingerprint density at radius 1 is 0.962 bits per heavy atom. The molecule has 0 saturated carbocycles. The van der Waals surface area contributed by atoms with Crippen LogP contribution in [0.2, 0.25) is 0 Å². The summed E-state index contributed by atoms with van der Waals surface area (Å²) in [5, 5.41) is 5.56. The molecule has 5 nitrogen and oxygen atoms in total. The molecule has 0 aliphatic heterocycles. The molecular formula is C19H16F2N4O. The standard InChI is InChI=1S/C19H16F2N4O/c1-2-12-3-5-13(6-4-12)24-18-10-17(22-11-23-18)19(26)25-14-7-8-15(20)16(21)9-14/h3-11H,2H2,1H3,(H,25,26)(H,22,23,24). The average Bonchev–Trinajstić information content (AvgIpc) is 2.65. The van der Waals surface area contributed by atoms with E-state index in [-0.39, 0.29) is 11.4 Å². The summed E-state index contributed by atoms with van der Waals surface area (Å²) in [6, 6.07) is 12.4. The molecule has 7 heteroatoms. The van der Waals surface area contributed by atoms with Crippen molar-refractivity contribution in [2.24, 2.45) is 0 Å². The Morgan fingerprint density at radius 3 is 2.38 bits per heavy atom. The molecule has 0 aliphatic carbocycles. The number of amides is 1. The lowest BCUT2D eigenvalue weighted by atomic mass is 10.1. The van der Waals surface area contributed by atoms with E-state index in [2.05, 4.69) is 27.5 Å². The molecule has 1 aromatic heterocycles. The number of nitrogens with one attached hydrogen (secondary N) is 2. The van der Waals surface area contributed by atoms with E-state index < -0.39 is 17.5 Å². The third-order valence-corrected chi connectivity index (χ3v) is 3.71. The fourth-order valence-electron chi connectivity index (χ4n) is 2.29. The Bertz CT molecular complexity index is 929. The minimum atomic E-state index is -1.04. The maximum absolute atomic E-state index is 13.2. The monoisotopic (exact) mass is 354 g/mol. The van der Waals surface area contributed by atoms with Crippen LogP contribution in [0.5, 0.6) is 0 Å². The summed E-state index contributed by atoms with van der Waals surface area (Å²) < 4.78 is 26.2. The normalized spacial score (nSPS) is 10.4. The van der Waals surface area contributed by atoms with Crippen LogP contribution in [0.4, 0.5) is 26.0 Å². The van der Waals surface area contributed by atoms with Gasteiger partial charge in [-0.15, -0.1) is 0 Å². The van der Waals surface area contributed by atoms with E-state index in [4.69, 9.17) is 0 Å². The number of anilines is 3. The predicted molar refractivity (Wildman–Crippen MR) is 95.4 cm³/mol. The molecule has 2 aromatic carbocycles. The van der Waals surface area contributed by atoms with Crippen molar-refractivity contribution in [3.63, 3.8) is 0 Å². The molecule has 0 spiro atoms. The van der Waals surface area contributed by atoms with Gasteiger partial charge >= 0.3 is 0 Å². The van der Waals surface area contributed by atoms with Crippen LogP contribution in [-0.2, 0) is 6.42 Å². The first kappa shape index (κ1) is 17.5. The zero-order valence-corrected chi connectivity index (χ0v) is 14.0. The molecule has 0 aliphatic rings. The highest BCUT2D eigenvalue weighted by Gasteiger charge is 2.11. The van der Waals surface area contributed by atoms with E-state index in [0.717, 1.165) is 24.2 Å². The van der Waals surface area contributed by atoms with E-state index in [0.29, 0.717) is 5.82 Å². The van der Waals surface area contributed by atoms with Gasteiger partial charge < -0.3 is 10.6 Å². The molecule has 1 heterocycles. The number of hydrogen-bond donors (Lipinski definition) is 2. The second-order valence-electron chi connectivity index (χ2n) is 5.55. The molecule has 0 saturated heterocycles. The molecule has 1 amide bonds. The molecule has 0 atom stereocenters. The van der Waals surface area contributed by atoms with Gasteiger partial charge in [-0.05, 0) is 36.2 Å². The predicted octanol–water partition coefficient (Wildman–Crippen LogP) is 4.31. The van der Waals surface area contributed by atoms with Crippen LogP contribution in [0.1, 0.15) is 23.0 Å². The Balaban J connectivity index is 1.73. The van der Waals surface area contributed by atoms with Gasteiger partial charge in [0.05, 0.1) is 0 Å². The highest BCUT2D eigenvalue weighted by molar-refractivity contribution is 6.03. The zero-order chi connectivity index (χ0) is 18.5. The van der Waals surface area contributed by atoms with Crippen molar-refractivity contribution < 1.29 is 13.6 Å². The fraction of sp³-hybridized carbons (Fsp3) is 0.105. The number of hydrogen-bond acceptors (Lipinski definition) is 4. The summed E-state index contributed by atoms with van der Waals surface area (Å²) in [4.78, 5) is 20.2. The van der Waals surface area contributed by atoms with Crippen LogP contribution in [-0.4, -0.2) is 15.9 Å². The maximum Gasteiger partial charge on any atom is 0.274 e. The highest BCUT2D eigenvalue weighted by Crippen LogP contribution is 2.17. The lowest BCUT2D eigenvalue weighted by Gasteiger charge is -2.08. The lowest BCUT2D eigenvalue weighted by molar-refractivity contribution is 0.102.